The molecule has 0 aliphatic carbocycles. The second kappa shape index (κ2) is 7.51. The Bertz CT molecular complexity index is 1040. The largest absolute Gasteiger partial charge is 0.534 e. The van der Waals surface area contributed by atoms with Gasteiger partial charge in [0.05, 0.1) is 11.6 Å². The lowest BCUT2D eigenvalue weighted by Crippen LogP contribution is -2.28. The van der Waals surface area contributed by atoms with Gasteiger partial charge < -0.3 is 9.29 Å². The van der Waals surface area contributed by atoms with Crippen LogP contribution in [0.1, 0.15) is 22.7 Å². The van der Waals surface area contributed by atoms with E-state index in [9.17, 15) is 26.7 Å². The molecular formula is C19H14F3NO4S. The number of nitrogens with zero attached hydrogens (tertiary/aromatic N) is 1. The fourth-order valence-corrected chi connectivity index (χ4v) is 3.10. The Balaban J connectivity index is 1.97. The lowest BCUT2D eigenvalue weighted by molar-refractivity contribution is -0.0500. The van der Waals surface area contributed by atoms with Crippen LogP contribution >= 0.6 is 0 Å². The third-order valence-electron chi connectivity index (χ3n) is 3.91. The Morgan fingerprint density at radius 2 is 1.46 bits per heavy atom. The first kappa shape index (κ1) is 19.7. The van der Waals surface area contributed by atoms with E-state index in [2.05, 4.69) is 9.17 Å². The van der Waals surface area contributed by atoms with E-state index in [1.165, 1.54) is 24.3 Å². The number of phenolic OH excluding ortho intramolecular Hbond substituents is 1. The standard InChI is InChI=1S/C19H14F3NO4S/c20-19(21,22)28(25,26)27-16-10-6-14(7-11-16)18(17-3-1-2-12-23-17)13-4-8-15(24)9-5-13/h1-12,18,24H. The summed E-state index contributed by atoms with van der Waals surface area (Å²) in [5.41, 5.74) is -3.40. The van der Waals surface area contributed by atoms with Gasteiger partial charge in [-0.3, -0.25) is 4.98 Å². The van der Waals surface area contributed by atoms with E-state index in [0.717, 1.165) is 17.7 Å². The fraction of sp³-hybridized carbons (Fsp3) is 0.105. The lowest BCUT2D eigenvalue weighted by atomic mass is 9.88. The average molecular weight is 409 g/mol. The molecule has 0 aliphatic heterocycles. The molecule has 1 N–H and O–H groups in total. The van der Waals surface area contributed by atoms with E-state index in [4.69, 9.17) is 0 Å². The van der Waals surface area contributed by atoms with Crippen LogP contribution in [0.25, 0.3) is 0 Å². The summed E-state index contributed by atoms with van der Waals surface area (Å²) in [4.78, 5) is 4.33. The zero-order chi connectivity index (χ0) is 20.4. The second-order valence-corrected chi connectivity index (χ2v) is 7.37. The topological polar surface area (TPSA) is 76.5 Å². The van der Waals surface area contributed by atoms with E-state index < -0.39 is 21.4 Å². The maximum absolute atomic E-state index is 12.5. The molecule has 3 aromatic rings. The molecule has 0 spiro atoms. The number of aromatic hydroxyl groups is 1. The molecule has 1 aromatic heterocycles. The summed E-state index contributed by atoms with van der Waals surface area (Å²) >= 11 is 0. The van der Waals surface area contributed by atoms with Crippen LogP contribution in [0.4, 0.5) is 13.2 Å². The molecule has 1 atom stereocenters. The molecule has 146 valence electrons. The molecule has 0 radical (unpaired) electrons. The van der Waals surface area contributed by atoms with Crippen LogP contribution in [0.15, 0.2) is 72.9 Å². The maximum Gasteiger partial charge on any atom is 0.534 e. The average Bonchev–Trinajstić information content (AvgIpc) is 2.65. The Labute approximate surface area is 159 Å². The molecule has 0 fully saturated rings. The number of pyridine rings is 1. The first-order valence-corrected chi connectivity index (χ1v) is 9.39. The summed E-state index contributed by atoms with van der Waals surface area (Å²) in [7, 11) is -5.73. The molecule has 0 saturated heterocycles. The minimum absolute atomic E-state index is 0.0876. The second-order valence-electron chi connectivity index (χ2n) is 5.83. The predicted molar refractivity (Wildman–Crippen MR) is 95.3 cm³/mol. The highest BCUT2D eigenvalue weighted by atomic mass is 32.2. The van der Waals surface area contributed by atoms with E-state index in [1.807, 2.05) is 0 Å². The molecule has 5 nitrogen and oxygen atoms in total. The van der Waals surface area contributed by atoms with Gasteiger partial charge in [-0.05, 0) is 47.5 Å². The molecule has 9 heteroatoms. The van der Waals surface area contributed by atoms with Crippen molar-refractivity contribution in [3.05, 3.63) is 89.7 Å². The van der Waals surface area contributed by atoms with Crippen molar-refractivity contribution in [1.29, 1.82) is 0 Å². The van der Waals surface area contributed by atoms with E-state index in [1.54, 1.807) is 36.5 Å². The van der Waals surface area contributed by atoms with Gasteiger partial charge in [0.15, 0.2) is 0 Å². The van der Waals surface area contributed by atoms with Gasteiger partial charge in [-0.2, -0.15) is 21.6 Å². The van der Waals surface area contributed by atoms with Gasteiger partial charge in [0, 0.05) is 6.20 Å². The van der Waals surface area contributed by atoms with Gasteiger partial charge in [-0.15, -0.1) is 0 Å². The summed E-state index contributed by atoms with van der Waals surface area (Å²) in [6, 6.07) is 17.0. The molecule has 0 amide bonds. The van der Waals surface area contributed by atoms with Crippen LogP contribution < -0.4 is 4.18 Å². The van der Waals surface area contributed by atoms with Gasteiger partial charge in [-0.1, -0.05) is 30.3 Å². The van der Waals surface area contributed by atoms with Crippen molar-refractivity contribution in [2.24, 2.45) is 0 Å². The van der Waals surface area contributed by atoms with Crippen LogP contribution in [0, 0.1) is 0 Å². The van der Waals surface area contributed by atoms with Gasteiger partial charge in [0.25, 0.3) is 0 Å². The molecule has 2 aromatic carbocycles. The van der Waals surface area contributed by atoms with Crippen LogP contribution in [0.3, 0.4) is 0 Å². The van der Waals surface area contributed by atoms with E-state index in [0.29, 0.717) is 11.3 Å². The van der Waals surface area contributed by atoms with E-state index >= 15 is 0 Å². The monoisotopic (exact) mass is 409 g/mol. The minimum atomic E-state index is -5.73. The highest BCUT2D eigenvalue weighted by Crippen LogP contribution is 2.33. The van der Waals surface area contributed by atoms with Crippen molar-refractivity contribution in [3.63, 3.8) is 0 Å². The summed E-state index contributed by atoms with van der Waals surface area (Å²) in [5.74, 6) is -0.744. The first-order chi connectivity index (χ1) is 13.2. The maximum atomic E-state index is 12.5. The van der Waals surface area contributed by atoms with Crippen LogP contribution in [-0.4, -0.2) is 24.0 Å². The minimum Gasteiger partial charge on any atom is -0.508 e. The van der Waals surface area contributed by atoms with Gasteiger partial charge in [0.1, 0.15) is 11.5 Å². The summed E-state index contributed by atoms with van der Waals surface area (Å²) in [5, 5.41) is 9.51. The fourth-order valence-electron chi connectivity index (χ4n) is 2.64. The van der Waals surface area contributed by atoms with Crippen LogP contribution in [0.2, 0.25) is 0 Å². The highest BCUT2D eigenvalue weighted by Gasteiger charge is 2.48. The van der Waals surface area contributed by atoms with Crippen LogP contribution in [-0.2, 0) is 10.1 Å². The Kier molecular flexibility index (Phi) is 5.28. The number of alkyl halides is 3. The number of aromatic nitrogens is 1. The molecular weight excluding hydrogens is 395 g/mol. The molecule has 3 rings (SSSR count). The summed E-state index contributed by atoms with van der Waals surface area (Å²) < 4.78 is 63.8. The van der Waals surface area contributed by atoms with Gasteiger partial charge in [0.2, 0.25) is 0 Å². The van der Waals surface area contributed by atoms with Gasteiger partial charge >= 0.3 is 15.6 Å². The number of benzene rings is 2. The zero-order valence-electron chi connectivity index (χ0n) is 14.2. The summed E-state index contributed by atoms with van der Waals surface area (Å²) in [6.45, 7) is 0. The molecule has 28 heavy (non-hydrogen) atoms. The quantitative estimate of drug-likeness (QED) is 0.505. The number of hydrogen-bond donors (Lipinski definition) is 1. The lowest BCUT2D eigenvalue weighted by Gasteiger charge is -2.18. The Morgan fingerprint density at radius 1 is 0.893 bits per heavy atom. The molecule has 1 heterocycles. The number of hydrogen-bond acceptors (Lipinski definition) is 5. The van der Waals surface area contributed by atoms with Crippen molar-refractivity contribution in [1.82, 2.24) is 4.98 Å². The Morgan fingerprint density at radius 3 is 1.96 bits per heavy atom. The third-order valence-corrected chi connectivity index (χ3v) is 4.89. The number of phenols is 1. The molecule has 0 aliphatic rings. The predicted octanol–water partition coefficient (Wildman–Crippen LogP) is 4.20. The SMILES string of the molecule is O=S(=O)(Oc1ccc(C(c2ccc(O)cc2)c2ccccn2)cc1)C(F)(F)F. The molecule has 0 bridgehead atoms. The smallest absolute Gasteiger partial charge is 0.508 e. The van der Waals surface area contributed by atoms with Crippen molar-refractivity contribution in [2.45, 2.75) is 11.4 Å². The highest BCUT2D eigenvalue weighted by molar-refractivity contribution is 7.88. The normalized spacial score (nSPS) is 13.1. The first-order valence-electron chi connectivity index (χ1n) is 7.98. The zero-order valence-corrected chi connectivity index (χ0v) is 15.0. The van der Waals surface area contributed by atoms with Crippen molar-refractivity contribution < 1.29 is 30.9 Å². The van der Waals surface area contributed by atoms with Crippen molar-refractivity contribution in [3.8, 4) is 11.5 Å². The van der Waals surface area contributed by atoms with E-state index in [-0.39, 0.29) is 11.7 Å². The van der Waals surface area contributed by atoms with Crippen LogP contribution in [0.5, 0.6) is 11.5 Å². The molecule has 1 unspecified atom stereocenters. The van der Waals surface area contributed by atoms with Gasteiger partial charge in [-0.25, -0.2) is 0 Å². The molecule has 0 saturated carbocycles. The number of halogens is 3. The van der Waals surface area contributed by atoms with Crippen molar-refractivity contribution >= 4 is 10.1 Å². The third kappa shape index (κ3) is 4.25. The van der Waals surface area contributed by atoms with Crippen molar-refractivity contribution in [2.75, 3.05) is 0 Å². The summed E-state index contributed by atoms with van der Waals surface area (Å²) in [6.07, 6.45) is 1.61. The Hall–Kier alpha value is -3.07. The number of rotatable bonds is 5.